The Morgan fingerprint density at radius 1 is 0.552 bits per heavy atom. The van der Waals surface area contributed by atoms with Gasteiger partial charge >= 0.3 is 0 Å². The topological polar surface area (TPSA) is 39.8 Å². The van der Waals surface area contributed by atoms with E-state index < -0.39 is 0 Å². The molecule has 1 aromatic heterocycles. The number of aromatic amines is 1. The Balaban J connectivity index is 0.000000152. The highest BCUT2D eigenvalue weighted by Gasteiger charge is 2.13. The van der Waals surface area contributed by atoms with Crippen molar-refractivity contribution in [2.24, 2.45) is 0 Å². The summed E-state index contributed by atoms with van der Waals surface area (Å²) in [6.45, 7) is 4.56. The first-order chi connectivity index (χ1) is 14.4. The summed E-state index contributed by atoms with van der Waals surface area (Å²) in [7, 11) is 0. The molecule has 6 rings (SSSR count). The van der Waals surface area contributed by atoms with Crippen LogP contribution in [0.15, 0.2) is 73.1 Å². The molecule has 150 valence electrons. The van der Waals surface area contributed by atoms with Crippen LogP contribution in [0.3, 0.4) is 0 Å². The van der Waals surface area contributed by atoms with Crippen molar-refractivity contribution < 1.29 is 0 Å². The summed E-state index contributed by atoms with van der Waals surface area (Å²) in [5.41, 5.74) is 3.17. The van der Waals surface area contributed by atoms with E-state index >= 15 is 0 Å². The first-order valence-electron chi connectivity index (χ1n) is 10.8. The SMILES string of the molecule is C1CNCCN1.c1cc[nH]c1.c1ccc2c(c1)ccc1c3c(ccc12)CCCC3. The van der Waals surface area contributed by atoms with Gasteiger partial charge in [0.2, 0.25) is 0 Å². The van der Waals surface area contributed by atoms with E-state index in [-0.39, 0.29) is 0 Å². The van der Waals surface area contributed by atoms with Gasteiger partial charge in [0, 0.05) is 38.6 Å². The lowest BCUT2D eigenvalue weighted by molar-refractivity contribution is 0.534. The van der Waals surface area contributed by atoms with Crippen molar-refractivity contribution in [2.45, 2.75) is 25.7 Å². The molecule has 0 radical (unpaired) electrons. The van der Waals surface area contributed by atoms with E-state index in [1.807, 2.05) is 24.5 Å². The van der Waals surface area contributed by atoms with Crippen molar-refractivity contribution in [2.75, 3.05) is 26.2 Å². The van der Waals surface area contributed by atoms with E-state index in [0.29, 0.717) is 0 Å². The minimum absolute atomic E-state index is 1.14. The van der Waals surface area contributed by atoms with Crippen LogP contribution in [0.25, 0.3) is 21.5 Å². The quantitative estimate of drug-likeness (QED) is 0.370. The van der Waals surface area contributed by atoms with Crippen molar-refractivity contribution in [3.05, 3.63) is 84.2 Å². The molecule has 2 aliphatic rings. The number of fused-ring (bicyclic) bond motifs is 5. The summed E-state index contributed by atoms with van der Waals surface area (Å²) in [6, 6.07) is 21.9. The number of hydrogen-bond donors (Lipinski definition) is 3. The molecule has 29 heavy (non-hydrogen) atoms. The van der Waals surface area contributed by atoms with Gasteiger partial charge in [-0.2, -0.15) is 0 Å². The fraction of sp³-hybridized carbons (Fsp3) is 0.308. The van der Waals surface area contributed by atoms with Crippen molar-refractivity contribution in [1.82, 2.24) is 15.6 Å². The van der Waals surface area contributed by atoms with Crippen LogP contribution in [0.4, 0.5) is 0 Å². The standard InChI is InChI=1S/C18H16.C4H10N2.C4H5N/c1-3-7-15-13(5-1)9-11-18-16-8-4-2-6-14(16)10-12-17(15)18;1-2-6-4-3-5-1;1-2-4-5-3-1/h1,3,5,7,9-12H,2,4,6,8H2;5-6H,1-4H2;1-5H. The zero-order valence-corrected chi connectivity index (χ0v) is 17.1. The molecule has 1 saturated heterocycles. The van der Waals surface area contributed by atoms with Gasteiger partial charge in [-0.25, -0.2) is 0 Å². The number of nitrogens with one attached hydrogen (secondary N) is 3. The lowest BCUT2D eigenvalue weighted by atomic mass is 9.86. The highest BCUT2D eigenvalue weighted by molar-refractivity contribution is 6.08. The normalized spacial score (nSPS) is 15.6. The molecule has 3 heteroatoms. The third-order valence-corrected chi connectivity index (χ3v) is 5.71. The minimum atomic E-state index is 1.14. The maximum atomic E-state index is 3.22. The molecule has 3 N–H and O–H groups in total. The van der Waals surface area contributed by atoms with E-state index in [2.05, 4.69) is 64.1 Å². The molecule has 2 heterocycles. The Morgan fingerprint density at radius 2 is 1.24 bits per heavy atom. The van der Waals surface area contributed by atoms with E-state index in [9.17, 15) is 0 Å². The fourth-order valence-electron chi connectivity index (χ4n) is 4.22. The summed E-state index contributed by atoms with van der Waals surface area (Å²) in [4.78, 5) is 2.86. The predicted octanol–water partition coefficient (Wildman–Crippen LogP) is 5.07. The second-order valence-corrected chi connectivity index (χ2v) is 7.68. The van der Waals surface area contributed by atoms with Gasteiger partial charge in [0.15, 0.2) is 0 Å². The highest BCUT2D eigenvalue weighted by atomic mass is 15.0. The summed E-state index contributed by atoms with van der Waals surface area (Å²) in [6.07, 6.45) is 8.97. The van der Waals surface area contributed by atoms with Crippen LogP contribution in [0.5, 0.6) is 0 Å². The molecule has 0 bridgehead atoms. The van der Waals surface area contributed by atoms with E-state index in [4.69, 9.17) is 0 Å². The largest absolute Gasteiger partial charge is 0.368 e. The molecular weight excluding hydrogens is 354 g/mol. The Morgan fingerprint density at radius 3 is 1.93 bits per heavy atom. The van der Waals surface area contributed by atoms with Crippen molar-refractivity contribution in [1.29, 1.82) is 0 Å². The summed E-state index contributed by atoms with van der Waals surface area (Å²) in [5.74, 6) is 0. The molecule has 3 aromatic carbocycles. The first-order valence-corrected chi connectivity index (χ1v) is 10.8. The molecule has 3 nitrogen and oxygen atoms in total. The number of rotatable bonds is 0. The number of benzene rings is 3. The van der Waals surface area contributed by atoms with Crippen LogP contribution >= 0.6 is 0 Å². The van der Waals surface area contributed by atoms with Crippen molar-refractivity contribution in [3.8, 4) is 0 Å². The van der Waals surface area contributed by atoms with Crippen LogP contribution in [0.2, 0.25) is 0 Å². The maximum Gasteiger partial charge on any atom is 0.00772 e. The average Bonchev–Trinajstić information content (AvgIpc) is 3.41. The zero-order valence-electron chi connectivity index (χ0n) is 17.1. The number of aromatic nitrogens is 1. The van der Waals surface area contributed by atoms with Gasteiger partial charge in [-0.05, 0) is 70.5 Å². The molecule has 0 saturated carbocycles. The molecule has 1 aliphatic carbocycles. The van der Waals surface area contributed by atoms with Crippen LogP contribution in [0, 0.1) is 0 Å². The molecule has 1 fully saturated rings. The number of H-pyrrole nitrogens is 1. The first kappa shape index (κ1) is 19.7. The third-order valence-electron chi connectivity index (χ3n) is 5.71. The van der Waals surface area contributed by atoms with E-state index in [1.165, 1.54) is 47.2 Å². The van der Waals surface area contributed by atoms with Gasteiger partial charge in [0.1, 0.15) is 0 Å². The predicted molar refractivity (Wildman–Crippen MR) is 125 cm³/mol. The van der Waals surface area contributed by atoms with Gasteiger partial charge in [0.25, 0.3) is 0 Å². The molecule has 0 unspecified atom stereocenters. The van der Waals surface area contributed by atoms with Crippen LogP contribution < -0.4 is 10.6 Å². The van der Waals surface area contributed by atoms with Crippen LogP contribution in [-0.2, 0) is 12.8 Å². The number of hydrogen-bond acceptors (Lipinski definition) is 2. The molecule has 4 aromatic rings. The van der Waals surface area contributed by atoms with Gasteiger partial charge < -0.3 is 15.6 Å². The maximum absolute atomic E-state index is 3.22. The number of piperazine rings is 1. The van der Waals surface area contributed by atoms with Gasteiger partial charge in [-0.1, -0.05) is 48.5 Å². The lowest BCUT2D eigenvalue weighted by Gasteiger charge is -2.18. The Kier molecular flexibility index (Phi) is 6.95. The summed E-state index contributed by atoms with van der Waals surface area (Å²) < 4.78 is 0. The Bertz CT molecular complexity index is 988. The van der Waals surface area contributed by atoms with Crippen LogP contribution in [-0.4, -0.2) is 31.2 Å². The second-order valence-electron chi connectivity index (χ2n) is 7.68. The van der Waals surface area contributed by atoms with Crippen molar-refractivity contribution >= 4 is 21.5 Å². The molecular formula is C26H31N3. The molecule has 0 atom stereocenters. The molecule has 0 spiro atoms. The third kappa shape index (κ3) is 5.06. The Hall–Kier alpha value is -2.62. The van der Waals surface area contributed by atoms with Crippen molar-refractivity contribution in [3.63, 3.8) is 0 Å². The lowest BCUT2D eigenvalue weighted by Crippen LogP contribution is -2.39. The van der Waals surface area contributed by atoms with Gasteiger partial charge in [-0.15, -0.1) is 0 Å². The zero-order chi connectivity index (χ0) is 19.7. The smallest absolute Gasteiger partial charge is 0.00772 e. The van der Waals surface area contributed by atoms with E-state index in [0.717, 1.165) is 26.2 Å². The molecule has 0 amide bonds. The van der Waals surface area contributed by atoms with E-state index in [1.54, 1.807) is 11.1 Å². The number of aryl methyl sites for hydroxylation is 2. The van der Waals surface area contributed by atoms with Gasteiger partial charge in [0.05, 0.1) is 0 Å². The summed E-state index contributed by atoms with van der Waals surface area (Å²) >= 11 is 0. The fourth-order valence-corrected chi connectivity index (χ4v) is 4.22. The molecule has 1 aliphatic heterocycles. The monoisotopic (exact) mass is 385 g/mol. The summed E-state index contributed by atoms with van der Waals surface area (Å²) in [5, 5.41) is 12.1. The second kappa shape index (κ2) is 10.2. The van der Waals surface area contributed by atoms with Gasteiger partial charge in [-0.3, -0.25) is 0 Å². The highest BCUT2D eigenvalue weighted by Crippen LogP contribution is 2.33. The Labute approximate surface area is 173 Å². The van der Waals surface area contributed by atoms with Crippen LogP contribution in [0.1, 0.15) is 24.0 Å². The minimum Gasteiger partial charge on any atom is -0.368 e. The average molecular weight is 386 g/mol.